The van der Waals surface area contributed by atoms with E-state index in [2.05, 4.69) is 6.92 Å². The molecule has 0 bridgehead atoms. The molecule has 3 heteroatoms. The van der Waals surface area contributed by atoms with E-state index in [9.17, 15) is 9.90 Å². The molecule has 0 aromatic rings. The molecule has 1 spiro atoms. The van der Waals surface area contributed by atoms with Crippen LogP contribution in [-0.2, 0) is 9.53 Å². The average Bonchev–Trinajstić information content (AvgIpc) is 3.20. The van der Waals surface area contributed by atoms with Crippen molar-refractivity contribution in [3.63, 3.8) is 0 Å². The highest BCUT2D eigenvalue weighted by atomic mass is 16.5. The molecule has 0 aromatic heterocycles. The third-order valence-electron chi connectivity index (χ3n) is 9.12. The second kappa shape index (κ2) is 4.73. The number of aliphatic hydroxyl groups is 1. The average molecular weight is 330 g/mol. The van der Waals surface area contributed by atoms with Gasteiger partial charge < -0.3 is 9.84 Å². The van der Waals surface area contributed by atoms with E-state index in [0.29, 0.717) is 29.6 Å². The zero-order valence-electron chi connectivity index (χ0n) is 15.0. The number of ether oxygens (including phenoxy) is 1. The number of methoxy groups -OCH3 is 1. The fourth-order valence-electron chi connectivity index (χ4n) is 8.06. The van der Waals surface area contributed by atoms with Gasteiger partial charge in [-0.15, -0.1) is 0 Å². The van der Waals surface area contributed by atoms with E-state index in [1.54, 1.807) is 7.11 Å². The van der Waals surface area contributed by atoms with E-state index >= 15 is 0 Å². The molecule has 5 aliphatic carbocycles. The largest absolute Gasteiger partial charge is 0.387 e. The van der Waals surface area contributed by atoms with Crippen LogP contribution in [0.4, 0.5) is 0 Å². The van der Waals surface area contributed by atoms with Crippen LogP contribution in [0, 0.1) is 34.5 Å². The smallest absolute Gasteiger partial charge is 0.155 e. The molecule has 24 heavy (non-hydrogen) atoms. The molecular formula is C21H30O3. The molecule has 0 aliphatic heterocycles. The van der Waals surface area contributed by atoms with Gasteiger partial charge in [-0.1, -0.05) is 12.5 Å². The zero-order chi connectivity index (χ0) is 16.7. The lowest BCUT2D eigenvalue weighted by atomic mass is 9.48. The second-order valence-corrected chi connectivity index (χ2v) is 9.62. The monoisotopic (exact) mass is 330 g/mol. The molecule has 4 saturated carbocycles. The summed E-state index contributed by atoms with van der Waals surface area (Å²) < 4.78 is 5.45. The molecule has 132 valence electrons. The fraction of sp³-hybridized carbons (Fsp3) is 0.857. The Morgan fingerprint density at radius 3 is 2.88 bits per heavy atom. The van der Waals surface area contributed by atoms with Gasteiger partial charge >= 0.3 is 0 Å². The van der Waals surface area contributed by atoms with Gasteiger partial charge in [-0.25, -0.2) is 0 Å². The Hall–Kier alpha value is -0.670. The topological polar surface area (TPSA) is 46.5 Å². The van der Waals surface area contributed by atoms with Crippen LogP contribution in [0.2, 0.25) is 0 Å². The molecule has 1 N–H and O–H groups in total. The molecule has 5 aliphatic rings. The normalized spacial score (nSPS) is 55.1. The maximum absolute atomic E-state index is 11.8. The number of fused-ring (bicyclic) bond motifs is 3. The standard InChI is InChI=1S/C21H30O3/c1-19-8-7-17-16-5-4-15(22)9-13(16)3-6-18(17)21(19)11-14(21)10-20(19,23)12-24-2/h9,14,16-18,23H,3-8,10-12H2,1-2H3/t14-,16+,17-,18-,19-,20+,21-/m1/s1. The van der Waals surface area contributed by atoms with Gasteiger partial charge in [-0.05, 0) is 80.1 Å². The van der Waals surface area contributed by atoms with Gasteiger partial charge in [-0.2, -0.15) is 0 Å². The number of carbonyl (C=O) groups is 1. The Labute approximate surface area is 144 Å². The molecule has 3 nitrogen and oxygen atoms in total. The third-order valence-corrected chi connectivity index (χ3v) is 9.12. The minimum atomic E-state index is -0.631. The van der Waals surface area contributed by atoms with Crippen LogP contribution in [0.15, 0.2) is 11.6 Å². The lowest BCUT2D eigenvalue weighted by Gasteiger charge is -2.58. The van der Waals surface area contributed by atoms with Crippen molar-refractivity contribution in [3.8, 4) is 0 Å². The van der Waals surface area contributed by atoms with Crippen LogP contribution >= 0.6 is 0 Å². The molecule has 0 heterocycles. The van der Waals surface area contributed by atoms with Crippen molar-refractivity contribution in [2.75, 3.05) is 13.7 Å². The van der Waals surface area contributed by atoms with Crippen molar-refractivity contribution >= 4 is 5.78 Å². The first kappa shape index (κ1) is 15.6. The molecule has 7 atom stereocenters. The Morgan fingerprint density at radius 1 is 1.25 bits per heavy atom. The SMILES string of the molecule is COC[C@@]1(O)C[C@@H]2C[C@]23[C@@H]2CCC4=CC(=O)CC[C@@H]4[C@H]2CC[C@]13C. The van der Waals surface area contributed by atoms with Crippen molar-refractivity contribution in [3.05, 3.63) is 11.6 Å². The lowest BCUT2D eigenvalue weighted by molar-refractivity contribution is -0.167. The molecule has 5 rings (SSSR count). The number of ketones is 1. The van der Waals surface area contributed by atoms with Crippen molar-refractivity contribution < 1.29 is 14.6 Å². The van der Waals surface area contributed by atoms with Gasteiger partial charge in [0.1, 0.15) is 0 Å². The second-order valence-electron chi connectivity index (χ2n) is 9.62. The van der Waals surface area contributed by atoms with Crippen LogP contribution in [0.1, 0.15) is 58.3 Å². The predicted octanol–water partition coefficient (Wildman–Crippen LogP) is 3.51. The maximum atomic E-state index is 11.8. The van der Waals surface area contributed by atoms with Gasteiger partial charge in [0.15, 0.2) is 5.78 Å². The Balaban J connectivity index is 1.50. The first-order valence-electron chi connectivity index (χ1n) is 9.90. The summed E-state index contributed by atoms with van der Waals surface area (Å²) in [7, 11) is 1.72. The highest BCUT2D eigenvalue weighted by Gasteiger charge is 2.81. The zero-order valence-corrected chi connectivity index (χ0v) is 15.0. The first-order valence-corrected chi connectivity index (χ1v) is 9.90. The van der Waals surface area contributed by atoms with E-state index in [1.807, 2.05) is 6.08 Å². The summed E-state index contributed by atoms with van der Waals surface area (Å²) in [5, 5.41) is 11.4. The van der Waals surface area contributed by atoms with Crippen molar-refractivity contribution in [2.24, 2.45) is 34.5 Å². The summed E-state index contributed by atoms with van der Waals surface area (Å²) in [5.41, 5.74) is 1.20. The van der Waals surface area contributed by atoms with E-state index < -0.39 is 5.60 Å². The molecular weight excluding hydrogens is 300 g/mol. The summed E-state index contributed by atoms with van der Waals surface area (Å²) in [4.78, 5) is 11.8. The quantitative estimate of drug-likeness (QED) is 0.843. The molecule has 0 aromatic carbocycles. The van der Waals surface area contributed by atoms with E-state index in [0.717, 1.165) is 43.9 Å². The minimum absolute atomic E-state index is 0.0214. The van der Waals surface area contributed by atoms with Crippen molar-refractivity contribution in [2.45, 2.75) is 63.9 Å². The van der Waals surface area contributed by atoms with Crippen molar-refractivity contribution in [1.82, 2.24) is 0 Å². The summed E-state index contributed by atoms with van der Waals surface area (Å²) in [5.74, 6) is 3.20. The molecule has 0 unspecified atom stereocenters. The molecule has 4 fully saturated rings. The molecule has 0 amide bonds. The number of allylic oxidation sites excluding steroid dienone is 1. The third kappa shape index (κ3) is 1.64. The summed E-state index contributed by atoms with van der Waals surface area (Å²) in [6.45, 7) is 2.85. The predicted molar refractivity (Wildman–Crippen MR) is 91.4 cm³/mol. The number of rotatable bonds is 2. The van der Waals surface area contributed by atoms with Gasteiger partial charge in [0.05, 0.1) is 12.2 Å². The minimum Gasteiger partial charge on any atom is -0.387 e. The Bertz CT molecular complexity index is 625. The number of hydrogen-bond acceptors (Lipinski definition) is 3. The van der Waals surface area contributed by atoms with Gasteiger partial charge in [0.25, 0.3) is 0 Å². The Kier molecular flexibility index (Phi) is 3.07. The van der Waals surface area contributed by atoms with Gasteiger partial charge in [0, 0.05) is 18.9 Å². The van der Waals surface area contributed by atoms with Crippen LogP contribution in [0.5, 0.6) is 0 Å². The fourth-order valence-corrected chi connectivity index (χ4v) is 8.06. The van der Waals surface area contributed by atoms with Crippen LogP contribution in [-0.4, -0.2) is 30.2 Å². The summed E-state index contributed by atoms with van der Waals surface area (Å²) in [6, 6.07) is 0. The highest BCUT2D eigenvalue weighted by Crippen LogP contribution is 2.83. The van der Waals surface area contributed by atoms with Gasteiger partial charge in [-0.3, -0.25) is 4.79 Å². The van der Waals surface area contributed by atoms with Gasteiger partial charge in [0.2, 0.25) is 0 Å². The number of hydrogen-bond donors (Lipinski definition) is 1. The van der Waals surface area contributed by atoms with Crippen LogP contribution in [0.25, 0.3) is 0 Å². The first-order chi connectivity index (χ1) is 11.5. The maximum Gasteiger partial charge on any atom is 0.155 e. The van der Waals surface area contributed by atoms with Crippen LogP contribution in [0.3, 0.4) is 0 Å². The lowest BCUT2D eigenvalue weighted by Crippen LogP contribution is -2.57. The number of carbonyl (C=O) groups excluding carboxylic acids is 1. The van der Waals surface area contributed by atoms with Crippen molar-refractivity contribution in [1.29, 1.82) is 0 Å². The summed E-state index contributed by atoms with van der Waals surface area (Å²) in [6.07, 6.45) is 10.8. The van der Waals surface area contributed by atoms with E-state index in [1.165, 1.54) is 24.8 Å². The Morgan fingerprint density at radius 2 is 2.08 bits per heavy atom. The molecule has 0 radical (unpaired) electrons. The van der Waals surface area contributed by atoms with Crippen LogP contribution < -0.4 is 0 Å². The summed E-state index contributed by atoms with van der Waals surface area (Å²) >= 11 is 0. The van der Waals surface area contributed by atoms with E-state index in [4.69, 9.17) is 4.74 Å². The van der Waals surface area contributed by atoms with E-state index in [-0.39, 0.29) is 5.41 Å². The molecule has 0 saturated heterocycles. The highest BCUT2D eigenvalue weighted by molar-refractivity contribution is 5.91.